The minimum absolute atomic E-state index is 0.0784. The van der Waals surface area contributed by atoms with Crippen molar-refractivity contribution in [3.8, 4) is 0 Å². The van der Waals surface area contributed by atoms with Gasteiger partial charge in [-0.1, -0.05) is 30.4 Å². The van der Waals surface area contributed by atoms with Gasteiger partial charge in [0, 0.05) is 24.6 Å². The molecule has 2 aliphatic rings. The predicted molar refractivity (Wildman–Crippen MR) is 100 cm³/mol. The summed E-state index contributed by atoms with van der Waals surface area (Å²) >= 11 is 0. The molecule has 0 aromatic heterocycles. The predicted octanol–water partition coefficient (Wildman–Crippen LogP) is 0.869. The second-order valence-corrected chi connectivity index (χ2v) is 6.78. The van der Waals surface area contributed by atoms with Gasteiger partial charge in [-0.05, 0) is 25.0 Å². The summed E-state index contributed by atoms with van der Waals surface area (Å²) in [6, 6.07) is 8.59. The molecule has 1 unspecified atom stereocenters. The fraction of sp³-hybridized carbons (Fsp3) is 0.450. The molecule has 144 valence electrons. The third-order valence-electron chi connectivity index (χ3n) is 4.78. The molecule has 3 rings (SSSR count). The molecular formula is C20H25N3O4. The Morgan fingerprint density at radius 3 is 2.59 bits per heavy atom. The molecule has 1 aliphatic heterocycles. The van der Waals surface area contributed by atoms with E-state index in [0.717, 1.165) is 12.8 Å². The van der Waals surface area contributed by atoms with Gasteiger partial charge in [0.15, 0.2) is 0 Å². The molecule has 1 saturated heterocycles. The fourth-order valence-corrected chi connectivity index (χ4v) is 3.34. The van der Waals surface area contributed by atoms with Crippen LogP contribution in [-0.2, 0) is 14.3 Å². The number of amides is 3. The number of carbonyl (C=O) groups is 3. The van der Waals surface area contributed by atoms with Crippen molar-refractivity contribution in [2.45, 2.75) is 31.3 Å². The van der Waals surface area contributed by atoms with E-state index >= 15 is 0 Å². The highest BCUT2D eigenvalue weighted by molar-refractivity contribution is 5.96. The lowest BCUT2D eigenvalue weighted by molar-refractivity contribution is -0.140. The molecule has 0 saturated carbocycles. The van der Waals surface area contributed by atoms with Crippen molar-refractivity contribution in [1.82, 2.24) is 15.5 Å². The molecule has 1 aromatic rings. The Hall–Kier alpha value is -2.67. The fourth-order valence-electron chi connectivity index (χ4n) is 3.34. The summed E-state index contributed by atoms with van der Waals surface area (Å²) < 4.78 is 5.45. The van der Waals surface area contributed by atoms with Crippen LogP contribution in [0.1, 0.15) is 29.6 Å². The summed E-state index contributed by atoms with van der Waals surface area (Å²) in [6.45, 7) is 1.08. The van der Waals surface area contributed by atoms with Crippen molar-refractivity contribution in [2.75, 3.05) is 26.3 Å². The topological polar surface area (TPSA) is 87.7 Å². The number of carbonyl (C=O) groups excluding carboxylic acids is 3. The first-order valence-corrected chi connectivity index (χ1v) is 9.28. The molecule has 0 radical (unpaired) electrons. The maximum Gasteiger partial charge on any atom is 0.251 e. The van der Waals surface area contributed by atoms with Gasteiger partial charge < -0.3 is 20.3 Å². The quantitative estimate of drug-likeness (QED) is 0.727. The van der Waals surface area contributed by atoms with Crippen molar-refractivity contribution in [1.29, 1.82) is 0 Å². The minimum atomic E-state index is -0.311. The van der Waals surface area contributed by atoms with E-state index in [4.69, 9.17) is 4.74 Å². The Balaban J connectivity index is 1.50. The van der Waals surface area contributed by atoms with Crippen LogP contribution in [0, 0.1) is 0 Å². The Kier molecular flexibility index (Phi) is 6.59. The van der Waals surface area contributed by atoms with E-state index in [-0.39, 0.29) is 42.8 Å². The van der Waals surface area contributed by atoms with Crippen molar-refractivity contribution in [2.24, 2.45) is 0 Å². The average Bonchev–Trinajstić information content (AvgIpc) is 3.19. The zero-order valence-corrected chi connectivity index (χ0v) is 15.2. The number of rotatable bonds is 6. The number of nitrogens with zero attached hydrogens (tertiary/aromatic N) is 1. The second-order valence-electron chi connectivity index (χ2n) is 6.78. The van der Waals surface area contributed by atoms with E-state index in [1.54, 1.807) is 29.2 Å². The van der Waals surface area contributed by atoms with Gasteiger partial charge in [0.05, 0.1) is 25.8 Å². The lowest BCUT2D eigenvalue weighted by Crippen LogP contribution is -2.53. The first-order chi connectivity index (χ1) is 13.1. The molecule has 1 fully saturated rings. The average molecular weight is 371 g/mol. The molecule has 7 heteroatoms. The van der Waals surface area contributed by atoms with Crippen molar-refractivity contribution >= 4 is 17.7 Å². The van der Waals surface area contributed by atoms with Crippen LogP contribution in [-0.4, -0.2) is 61.0 Å². The van der Waals surface area contributed by atoms with E-state index in [1.165, 1.54) is 0 Å². The molecule has 3 amide bonds. The lowest BCUT2D eigenvalue weighted by Gasteiger charge is -2.35. The van der Waals surface area contributed by atoms with E-state index < -0.39 is 0 Å². The highest BCUT2D eigenvalue weighted by Crippen LogP contribution is 2.13. The maximum absolute atomic E-state index is 12.6. The molecule has 0 bridgehead atoms. The van der Waals surface area contributed by atoms with E-state index in [9.17, 15) is 14.4 Å². The monoisotopic (exact) mass is 371 g/mol. The van der Waals surface area contributed by atoms with Gasteiger partial charge >= 0.3 is 0 Å². The Morgan fingerprint density at radius 2 is 1.85 bits per heavy atom. The van der Waals surface area contributed by atoms with Crippen LogP contribution in [0.15, 0.2) is 42.5 Å². The smallest absolute Gasteiger partial charge is 0.251 e. The van der Waals surface area contributed by atoms with Gasteiger partial charge in [-0.15, -0.1) is 0 Å². The molecule has 27 heavy (non-hydrogen) atoms. The maximum atomic E-state index is 12.6. The van der Waals surface area contributed by atoms with Crippen molar-refractivity contribution in [3.63, 3.8) is 0 Å². The minimum Gasteiger partial charge on any atom is -0.377 e. The summed E-state index contributed by atoms with van der Waals surface area (Å²) in [5.41, 5.74) is 0.508. The summed E-state index contributed by atoms with van der Waals surface area (Å²) in [5, 5.41) is 5.64. The Labute approximate surface area is 158 Å². The van der Waals surface area contributed by atoms with Crippen molar-refractivity contribution < 1.29 is 19.1 Å². The molecule has 1 heterocycles. The number of hydrogen-bond donors (Lipinski definition) is 2. The van der Waals surface area contributed by atoms with Crippen LogP contribution >= 0.6 is 0 Å². The number of hydrogen-bond acceptors (Lipinski definition) is 4. The largest absolute Gasteiger partial charge is 0.377 e. The van der Waals surface area contributed by atoms with Crippen LogP contribution in [0.4, 0.5) is 0 Å². The molecule has 0 spiro atoms. The molecule has 1 aliphatic carbocycles. The third kappa shape index (κ3) is 5.40. The van der Waals surface area contributed by atoms with E-state index in [0.29, 0.717) is 25.3 Å². The zero-order chi connectivity index (χ0) is 19.1. The summed E-state index contributed by atoms with van der Waals surface area (Å²) in [5.74, 6) is -0.575. The Morgan fingerprint density at radius 1 is 1.11 bits per heavy atom. The molecule has 1 aromatic carbocycles. The van der Waals surface area contributed by atoms with Gasteiger partial charge in [0.1, 0.15) is 0 Å². The Bertz CT molecular complexity index is 696. The third-order valence-corrected chi connectivity index (χ3v) is 4.78. The standard InChI is InChI=1S/C20H25N3O4/c24-18(22-16-8-4-5-9-16)12-17-14-27-11-10-23(17)19(25)13-21-20(26)15-6-2-1-3-7-15/h1-7,16-17H,8-14H2,(H,21,26)(H,22,24). The lowest BCUT2D eigenvalue weighted by atomic mass is 10.1. The molecule has 7 nitrogen and oxygen atoms in total. The molecular weight excluding hydrogens is 346 g/mol. The summed E-state index contributed by atoms with van der Waals surface area (Å²) in [6.07, 6.45) is 6.01. The zero-order valence-electron chi connectivity index (χ0n) is 15.2. The van der Waals surface area contributed by atoms with E-state index in [1.807, 2.05) is 6.07 Å². The first-order valence-electron chi connectivity index (χ1n) is 9.28. The van der Waals surface area contributed by atoms with Gasteiger partial charge in [-0.25, -0.2) is 0 Å². The second kappa shape index (κ2) is 9.32. The number of ether oxygens (including phenoxy) is 1. The molecule has 1 atom stereocenters. The van der Waals surface area contributed by atoms with Gasteiger partial charge in [0.25, 0.3) is 5.91 Å². The van der Waals surface area contributed by atoms with Crippen LogP contribution in [0.2, 0.25) is 0 Å². The number of benzene rings is 1. The first kappa shape index (κ1) is 19.1. The van der Waals surface area contributed by atoms with Crippen molar-refractivity contribution in [3.05, 3.63) is 48.0 Å². The van der Waals surface area contributed by atoms with Crippen LogP contribution in [0.3, 0.4) is 0 Å². The van der Waals surface area contributed by atoms with Gasteiger partial charge in [-0.3, -0.25) is 14.4 Å². The highest BCUT2D eigenvalue weighted by atomic mass is 16.5. The normalized spacial score (nSPS) is 19.7. The van der Waals surface area contributed by atoms with Crippen LogP contribution in [0.25, 0.3) is 0 Å². The van der Waals surface area contributed by atoms with Crippen LogP contribution in [0.5, 0.6) is 0 Å². The van der Waals surface area contributed by atoms with Crippen LogP contribution < -0.4 is 10.6 Å². The van der Waals surface area contributed by atoms with E-state index in [2.05, 4.69) is 22.8 Å². The highest BCUT2D eigenvalue weighted by Gasteiger charge is 2.29. The number of morpholine rings is 1. The summed E-state index contributed by atoms with van der Waals surface area (Å²) in [7, 11) is 0. The van der Waals surface area contributed by atoms with Gasteiger partial charge in [0.2, 0.25) is 11.8 Å². The summed E-state index contributed by atoms with van der Waals surface area (Å²) in [4.78, 5) is 38.6. The molecule has 2 N–H and O–H groups in total. The number of nitrogens with one attached hydrogen (secondary N) is 2. The SMILES string of the molecule is O=C(CC1COCCN1C(=O)CNC(=O)c1ccccc1)NC1CC=CC1. The van der Waals surface area contributed by atoms with Gasteiger partial charge in [-0.2, -0.15) is 0 Å².